The monoisotopic (exact) mass is 338 g/mol. The number of morpholine rings is 1. The van der Waals surface area contributed by atoms with Gasteiger partial charge in [0.25, 0.3) is 0 Å². The van der Waals surface area contributed by atoms with Crippen molar-refractivity contribution < 1.29 is 19.1 Å². The van der Waals surface area contributed by atoms with E-state index in [1.807, 2.05) is 11.8 Å². The Morgan fingerprint density at radius 2 is 2.13 bits per heavy atom. The quantitative estimate of drug-likeness (QED) is 0.584. The van der Waals surface area contributed by atoms with Crippen molar-refractivity contribution in [2.75, 3.05) is 32.9 Å². The standard InChI is InChI=1S/C16H22N2O4S/c1-3-13(15(19)18-8-10-21-11-9-18)23-14-12(6-5-7-17-14)16(20)22-4-2/h5-7,13H,3-4,8-11H2,1-2H3/t13-/m0/s1. The van der Waals surface area contributed by atoms with Gasteiger partial charge in [0.2, 0.25) is 5.91 Å². The largest absolute Gasteiger partial charge is 0.462 e. The van der Waals surface area contributed by atoms with Gasteiger partial charge in [-0.1, -0.05) is 18.7 Å². The van der Waals surface area contributed by atoms with Gasteiger partial charge in [0, 0.05) is 19.3 Å². The van der Waals surface area contributed by atoms with E-state index >= 15 is 0 Å². The lowest BCUT2D eigenvalue weighted by Crippen LogP contribution is -2.44. The number of pyridine rings is 1. The third-order valence-electron chi connectivity index (χ3n) is 3.49. The summed E-state index contributed by atoms with van der Waals surface area (Å²) in [7, 11) is 0. The number of nitrogens with zero attached hydrogens (tertiary/aromatic N) is 2. The fraction of sp³-hybridized carbons (Fsp3) is 0.562. The minimum atomic E-state index is -0.406. The third kappa shape index (κ3) is 4.68. The Morgan fingerprint density at radius 3 is 2.78 bits per heavy atom. The van der Waals surface area contributed by atoms with Crippen molar-refractivity contribution in [3.63, 3.8) is 0 Å². The molecule has 23 heavy (non-hydrogen) atoms. The molecule has 0 aromatic carbocycles. The van der Waals surface area contributed by atoms with Crippen molar-refractivity contribution in [2.24, 2.45) is 0 Å². The van der Waals surface area contributed by atoms with Crippen LogP contribution in [0, 0.1) is 0 Å². The maximum absolute atomic E-state index is 12.6. The number of amides is 1. The van der Waals surface area contributed by atoms with Crippen molar-refractivity contribution in [1.29, 1.82) is 0 Å². The molecule has 1 fully saturated rings. The highest BCUT2D eigenvalue weighted by atomic mass is 32.2. The first-order chi connectivity index (χ1) is 11.2. The van der Waals surface area contributed by atoms with Gasteiger partial charge in [-0.25, -0.2) is 9.78 Å². The van der Waals surface area contributed by atoms with E-state index in [9.17, 15) is 9.59 Å². The fourth-order valence-electron chi connectivity index (χ4n) is 2.28. The number of aromatic nitrogens is 1. The molecule has 0 saturated carbocycles. The molecule has 1 amide bonds. The van der Waals surface area contributed by atoms with E-state index in [2.05, 4.69) is 4.98 Å². The Kier molecular flexibility index (Phi) is 6.85. The van der Waals surface area contributed by atoms with Crippen LogP contribution in [0.1, 0.15) is 30.6 Å². The lowest BCUT2D eigenvalue weighted by molar-refractivity contribution is -0.134. The first kappa shape index (κ1) is 17.7. The number of carbonyl (C=O) groups excluding carboxylic acids is 2. The second kappa shape index (κ2) is 8.88. The molecular formula is C16H22N2O4S. The fourth-order valence-corrected chi connectivity index (χ4v) is 3.37. The Bertz CT molecular complexity index is 547. The van der Waals surface area contributed by atoms with E-state index in [1.165, 1.54) is 11.8 Å². The van der Waals surface area contributed by atoms with Crippen molar-refractivity contribution in [1.82, 2.24) is 9.88 Å². The summed E-state index contributed by atoms with van der Waals surface area (Å²) in [6, 6.07) is 3.38. The topological polar surface area (TPSA) is 68.7 Å². The van der Waals surface area contributed by atoms with Gasteiger partial charge in [-0.2, -0.15) is 0 Å². The molecule has 126 valence electrons. The molecule has 1 saturated heterocycles. The van der Waals surface area contributed by atoms with E-state index in [0.29, 0.717) is 49.9 Å². The average molecular weight is 338 g/mol. The molecule has 0 spiro atoms. The number of hydrogen-bond acceptors (Lipinski definition) is 6. The smallest absolute Gasteiger partial charge is 0.340 e. The van der Waals surface area contributed by atoms with Crippen LogP contribution in [0.4, 0.5) is 0 Å². The molecule has 1 aromatic heterocycles. The van der Waals surface area contributed by atoms with E-state index in [4.69, 9.17) is 9.47 Å². The first-order valence-corrected chi connectivity index (χ1v) is 8.70. The van der Waals surface area contributed by atoms with Gasteiger partial charge in [0.1, 0.15) is 5.03 Å². The number of carbonyl (C=O) groups is 2. The van der Waals surface area contributed by atoms with Crippen LogP contribution in [0.2, 0.25) is 0 Å². The van der Waals surface area contributed by atoms with Gasteiger partial charge in [-0.15, -0.1) is 0 Å². The normalized spacial score (nSPS) is 16.0. The zero-order valence-electron chi connectivity index (χ0n) is 13.5. The molecule has 1 aromatic rings. The molecule has 0 N–H and O–H groups in total. The van der Waals surface area contributed by atoms with Crippen molar-refractivity contribution in [3.8, 4) is 0 Å². The van der Waals surface area contributed by atoms with Crippen molar-refractivity contribution in [2.45, 2.75) is 30.5 Å². The molecule has 0 unspecified atom stereocenters. The van der Waals surface area contributed by atoms with Crippen molar-refractivity contribution in [3.05, 3.63) is 23.9 Å². The van der Waals surface area contributed by atoms with Crippen LogP contribution >= 0.6 is 11.8 Å². The molecule has 0 radical (unpaired) electrons. The van der Waals surface area contributed by atoms with Crippen LogP contribution in [0.15, 0.2) is 23.4 Å². The predicted octanol–water partition coefficient (Wildman–Crippen LogP) is 1.99. The maximum atomic E-state index is 12.6. The van der Waals surface area contributed by atoms with Crippen LogP contribution < -0.4 is 0 Å². The van der Waals surface area contributed by atoms with E-state index in [1.54, 1.807) is 25.3 Å². The van der Waals surface area contributed by atoms with E-state index < -0.39 is 5.97 Å². The van der Waals surface area contributed by atoms with Gasteiger partial charge < -0.3 is 14.4 Å². The molecule has 1 atom stereocenters. The van der Waals surface area contributed by atoms with Gasteiger partial charge in [0.15, 0.2) is 0 Å². The average Bonchev–Trinajstić information content (AvgIpc) is 2.60. The number of ether oxygens (including phenoxy) is 2. The Morgan fingerprint density at radius 1 is 1.39 bits per heavy atom. The minimum absolute atomic E-state index is 0.0706. The molecule has 2 rings (SSSR count). The zero-order chi connectivity index (χ0) is 16.7. The third-order valence-corrected chi connectivity index (χ3v) is 4.86. The molecule has 1 aliphatic heterocycles. The minimum Gasteiger partial charge on any atom is -0.462 e. The number of thioether (sulfide) groups is 1. The summed E-state index contributed by atoms with van der Waals surface area (Å²) in [5, 5.41) is 0.274. The van der Waals surface area contributed by atoms with Crippen molar-refractivity contribution >= 4 is 23.6 Å². The van der Waals surface area contributed by atoms with Gasteiger partial charge in [0.05, 0.1) is 30.6 Å². The lowest BCUT2D eigenvalue weighted by atomic mass is 10.2. The lowest BCUT2D eigenvalue weighted by Gasteiger charge is -2.29. The van der Waals surface area contributed by atoms with Crippen LogP contribution in [0.3, 0.4) is 0 Å². The van der Waals surface area contributed by atoms with E-state index in [-0.39, 0.29) is 11.2 Å². The van der Waals surface area contributed by atoms with Gasteiger partial charge in [-0.05, 0) is 25.5 Å². The predicted molar refractivity (Wildman–Crippen MR) is 87.5 cm³/mol. The second-order valence-electron chi connectivity index (χ2n) is 5.03. The molecule has 1 aliphatic rings. The summed E-state index contributed by atoms with van der Waals surface area (Å²) < 4.78 is 10.3. The summed E-state index contributed by atoms with van der Waals surface area (Å²) in [6.07, 6.45) is 2.29. The molecule has 0 aliphatic carbocycles. The molecule has 2 heterocycles. The summed E-state index contributed by atoms with van der Waals surface area (Å²) in [5.74, 6) is -0.335. The first-order valence-electron chi connectivity index (χ1n) is 7.82. The summed E-state index contributed by atoms with van der Waals surface area (Å²) in [5.41, 5.74) is 0.410. The Labute approximate surface area is 140 Å². The molecule has 7 heteroatoms. The molecule has 0 bridgehead atoms. The van der Waals surface area contributed by atoms with Gasteiger partial charge >= 0.3 is 5.97 Å². The highest BCUT2D eigenvalue weighted by molar-refractivity contribution is 8.00. The van der Waals surface area contributed by atoms with Crippen LogP contribution in [0.5, 0.6) is 0 Å². The van der Waals surface area contributed by atoms with Crippen LogP contribution in [-0.2, 0) is 14.3 Å². The van der Waals surface area contributed by atoms with Crippen LogP contribution in [0.25, 0.3) is 0 Å². The van der Waals surface area contributed by atoms with E-state index in [0.717, 1.165) is 0 Å². The number of esters is 1. The molecule has 6 nitrogen and oxygen atoms in total. The Hall–Kier alpha value is -1.60. The van der Waals surface area contributed by atoms with Crippen LogP contribution in [-0.4, -0.2) is 59.9 Å². The summed E-state index contributed by atoms with van der Waals surface area (Å²) in [4.78, 5) is 30.7. The zero-order valence-corrected chi connectivity index (χ0v) is 14.3. The second-order valence-corrected chi connectivity index (χ2v) is 6.22. The Balaban J connectivity index is 2.12. The summed E-state index contributed by atoms with van der Waals surface area (Å²) in [6.45, 7) is 6.41. The summed E-state index contributed by atoms with van der Waals surface area (Å²) >= 11 is 1.33. The number of rotatable bonds is 6. The molecular weight excluding hydrogens is 316 g/mol. The SMILES string of the molecule is CCOC(=O)c1cccnc1S[C@@H](CC)C(=O)N1CCOCC1. The maximum Gasteiger partial charge on any atom is 0.340 e. The highest BCUT2D eigenvalue weighted by Gasteiger charge is 2.27. The highest BCUT2D eigenvalue weighted by Crippen LogP contribution is 2.28. The van der Waals surface area contributed by atoms with Gasteiger partial charge in [-0.3, -0.25) is 4.79 Å². The number of hydrogen-bond donors (Lipinski definition) is 0.